The van der Waals surface area contributed by atoms with Gasteiger partial charge in [-0.15, -0.1) is 0 Å². The number of allylic oxidation sites excluding steroid dienone is 3. The van der Waals surface area contributed by atoms with Gasteiger partial charge in [-0.05, 0) is 49.5 Å². The van der Waals surface area contributed by atoms with Crippen molar-refractivity contribution in [2.45, 2.75) is 71.0 Å². The van der Waals surface area contributed by atoms with Crippen LogP contribution in [-0.4, -0.2) is 35.7 Å². The molecule has 0 aromatic rings. The van der Waals surface area contributed by atoms with Crippen LogP contribution in [0.25, 0.3) is 0 Å². The van der Waals surface area contributed by atoms with Crippen molar-refractivity contribution in [3.8, 4) is 0 Å². The first kappa shape index (κ1) is 23.9. The smallest absolute Gasteiger partial charge is 0.309 e. The predicted molar refractivity (Wildman–Crippen MR) is 131 cm³/mol. The van der Waals surface area contributed by atoms with Crippen LogP contribution in [0.4, 0.5) is 0 Å². The third-order valence-electron chi connectivity index (χ3n) is 10.7. The van der Waals surface area contributed by atoms with Crippen molar-refractivity contribution < 1.29 is 28.7 Å². The van der Waals surface area contributed by atoms with Crippen LogP contribution >= 0.6 is 0 Å². The fraction of sp³-hybridized carbons (Fsp3) is 0.667. The van der Waals surface area contributed by atoms with Gasteiger partial charge in [-0.2, -0.15) is 0 Å². The highest BCUT2D eigenvalue weighted by atomic mass is 16.6. The zero-order valence-electron chi connectivity index (χ0n) is 21.2. The summed E-state index contributed by atoms with van der Waals surface area (Å²) >= 11 is 0. The Morgan fingerprint density at radius 1 is 0.861 bits per heavy atom. The van der Waals surface area contributed by atoms with Crippen LogP contribution in [0.15, 0.2) is 36.0 Å². The maximum atomic E-state index is 13.3. The molecule has 0 aromatic carbocycles. The van der Waals surface area contributed by atoms with Gasteiger partial charge in [-0.25, -0.2) is 0 Å². The van der Waals surface area contributed by atoms with Gasteiger partial charge in [-0.3, -0.25) is 19.2 Å². The SMILES string of the molecule is C=C1CC[C@H]2C(OC(=O)[C@@H]2C)[C@H]2[C@@H]1CC(=O)[C@@H]2C/C=C1\CC[C@H]2C(=C)C(=O)C[C@@H]3[C@H](OC(=O)[C@H]3C)[C@@H]12. The maximum absolute atomic E-state index is 13.3. The average Bonchev–Trinajstić information content (AvgIpc) is 3.52. The monoisotopic (exact) mass is 492 g/mol. The van der Waals surface area contributed by atoms with E-state index < -0.39 is 0 Å². The molecule has 2 aliphatic heterocycles. The van der Waals surface area contributed by atoms with Gasteiger partial charge in [0, 0.05) is 42.4 Å². The highest BCUT2D eigenvalue weighted by Gasteiger charge is 2.57. The average molecular weight is 493 g/mol. The van der Waals surface area contributed by atoms with Crippen molar-refractivity contribution in [1.29, 1.82) is 0 Å². The minimum Gasteiger partial charge on any atom is -0.461 e. The van der Waals surface area contributed by atoms with Crippen molar-refractivity contribution in [3.63, 3.8) is 0 Å². The van der Waals surface area contributed by atoms with Crippen LogP contribution in [0.2, 0.25) is 0 Å². The first-order chi connectivity index (χ1) is 17.2. The summed E-state index contributed by atoms with van der Waals surface area (Å²) in [6.07, 6.45) is 6.40. The van der Waals surface area contributed by atoms with E-state index >= 15 is 0 Å². The number of Topliss-reactive ketones (excluding diaryl/α,β-unsaturated/α-hetero) is 2. The Morgan fingerprint density at radius 3 is 2.31 bits per heavy atom. The number of carbonyl (C=O) groups is 4. The quantitative estimate of drug-likeness (QED) is 0.323. The van der Waals surface area contributed by atoms with Gasteiger partial charge >= 0.3 is 11.9 Å². The van der Waals surface area contributed by atoms with Crippen LogP contribution in [-0.2, 0) is 28.7 Å². The molecule has 11 atom stereocenters. The molecule has 2 heterocycles. The number of rotatable bonds is 2. The van der Waals surface area contributed by atoms with Crippen LogP contribution < -0.4 is 0 Å². The molecule has 1 unspecified atom stereocenters. The molecule has 192 valence electrons. The van der Waals surface area contributed by atoms with E-state index in [-0.39, 0.29) is 89.0 Å². The van der Waals surface area contributed by atoms with E-state index in [9.17, 15) is 19.2 Å². The number of esters is 2. The first-order valence-electron chi connectivity index (χ1n) is 13.7. The third-order valence-corrected chi connectivity index (χ3v) is 10.7. The highest BCUT2D eigenvalue weighted by molar-refractivity contribution is 5.96. The third kappa shape index (κ3) is 3.42. The number of fused-ring (bicyclic) bond motifs is 6. The molecular weight excluding hydrogens is 456 g/mol. The summed E-state index contributed by atoms with van der Waals surface area (Å²) < 4.78 is 11.8. The zero-order chi connectivity index (χ0) is 25.5. The van der Waals surface area contributed by atoms with Crippen LogP contribution in [0, 0.1) is 53.3 Å². The lowest BCUT2D eigenvalue weighted by atomic mass is 9.76. The predicted octanol–water partition coefficient (Wildman–Crippen LogP) is 4.38. The molecule has 6 nitrogen and oxygen atoms in total. The largest absolute Gasteiger partial charge is 0.461 e. The van der Waals surface area contributed by atoms with Gasteiger partial charge in [-0.1, -0.05) is 44.2 Å². The summed E-state index contributed by atoms with van der Waals surface area (Å²) in [5.74, 6) is -0.720. The molecule has 0 spiro atoms. The fourth-order valence-corrected chi connectivity index (χ4v) is 8.51. The molecule has 6 heteroatoms. The summed E-state index contributed by atoms with van der Waals surface area (Å²) in [7, 11) is 0. The molecule has 0 amide bonds. The standard InChI is InChI=1S/C30H36O6/c1-13-5-8-19-15(3)29(33)35-27(19)26-20(24(32)11-21(13)26)10-7-17-6-9-18-14(2)23(31)12-22-16(4)30(34)36-28(22)25(17)18/h7,15-16,18-22,25-28H,1-2,5-6,8-12H2,3-4H3/b17-7+/t15-,16+,18+,19-,20+,21-,22+,25+,26-,27?,28+/m1/s1. The van der Waals surface area contributed by atoms with Crippen LogP contribution in [0.5, 0.6) is 0 Å². The first-order valence-corrected chi connectivity index (χ1v) is 13.7. The molecule has 36 heavy (non-hydrogen) atoms. The van der Waals surface area contributed by atoms with Gasteiger partial charge in [0.2, 0.25) is 0 Å². The topological polar surface area (TPSA) is 86.7 Å². The minimum atomic E-state index is -0.305. The molecule has 6 rings (SSSR count). The molecular formula is C30H36O6. The summed E-state index contributed by atoms with van der Waals surface area (Å²) in [6.45, 7) is 12.3. The van der Waals surface area contributed by atoms with E-state index in [0.717, 1.165) is 31.3 Å². The van der Waals surface area contributed by atoms with Gasteiger partial charge in [0.25, 0.3) is 0 Å². The van der Waals surface area contributed by atoms with Gasteiger partial charge in [0.05, 0.1) is 11.8 Å². The molecule has 4 aliphatic carbocycles. The Balaban J connectivity index is 1.30. The van der Waals surface area contributed by atoms with Crippen LogP contribution in [0.1, 0.15) is 58.8 Å². The van der Waals surface area contributed by atoms with Gasteiger partial charge in [0.15, 0.2) is 5.78 Å². The lowest BCUT2D eigenvalue weighted by Gasteiger charge is -2.30. The highest BCUT2D eigenvalue weighted by Crippen LogP contribution is 2.54. The van der Waals surface area contributed by atoms with E-state index in [1.54, 1.807) is 0 Å². The second-order valence-electron chi connectivity index (χ2n) is 12.2. The van der Waals surface area contributed by atoms with E-state index in [1.165, 1.54) is 5.57 Å². The number of carbonyl (C=O) groups excluding carboxylic acids is 4. The van der Waals surface area contributed by atoms with E-state index in [2.05, 4.69) is 19.2 Å². The second kappa shape index (κ2) is 8.53. The number of ether oxygens (including phenoxy) is 2. The molecule has 0 radical (unpaired) electrons. The molecule has 0 bridgehead atoms. The summed E-state index contributed by atoms with van der Waals surface area (Å²) in [5, 5.41) is 0. The Hall–Kier alpha value is -2.50. The number of hydrogen-bond donors (Lipinski definition) is 0. The molecule has 6 fully saturated rings. The summed E-state index contributed by atoms with van der Waals surface area (Å²) in [4.78, 5) is 51.1. The fourth-order valence-electron chi connectivity index (χ4n) is 8.51. The maximum Gasteiger partial charge on any atom is 0.309 e. The minimum absolute atomic E-state index is 0.0115. The normalized spacial score (nSPS) is 47.2. The van der Waals surface area contributed by atoms with Crippen LogP contribution in [0.3, 0.4) is 0 Å². The van der Waals surface area contributed by atoms with Crippen molar-refractivity contribution >= 4 is 23.5 Å². The molecule has 6 aliphatic rings. The Morgan fingerprint density at radius 2 is 1.56 bits per heavy atom. The summed E-state index contributed by atoms with van der Waals surface area (Å²) in [5.41, 5.74) is 2.97. The van der Waals surface area contributed by atoms with Crippen molar-refractivity contribution in [2.24, 2.45) is 53.3 Å². The molecule has 0 aromatic heterocycles. The second-order valence-corrected chi connectivity index (χ2v) is 12.2. The summed E-state index contributed by atoms with van der Waals surface area (Å²) in [6, 6.07) is 0. The van der Waals surface area contributed by atoms with Gasteiger partial charge < -0.3 is 9.47 Å². The number of hydrogen-bond acceptors (Lipinski definition) is 6. The Bertz CT molecular complexity index is 1100. The number of ketones is 2. The lowest BCUT2D eigenvalue weighted by Crippen LogP contribution is -2.34. The molecule has 4 saturated carbocycles. The Labute approximate surface area is 212 Å². The van der Waals surface area contributed by atoms with Crippen molar-refractivity contribution in [2.75, 3.05) is 0 Å². The van der Waals surface area contributed by atoms with E-state index in [4.69, 9.17) is 9.47 Å². The van der Waals surface area contributed by atoms with E-state index in [0.29, 0.717) is 24.8 Å². The van der Waals surface area contributed by atoms with Crippen molar-refractivity contribution in [3.05, 3.63) is 36.0 Å². The van der Waals surface area contributed by atoms with E-state index in [1.807, 2.05) is 13.8 Å². The Kier molecular flexibility index (Phi) is 5.65. The molecule has 0 N–H and O–H groups in total. The van der Waals surface area contributed by atoms with Gasteiger partial charge in [0.1, 0.15) is 18.0 Å². The lowest BCUT2D eigenvalue weighted by molar-refractivity contribution is -0.147. The zero-order valence-corrected chi connectivity index (χ0v) is 21.2. The van der Waals surface area contributed by atoms with Crippen molar-refractivity contribution in [1.82, 2.24) is 0 Å². The molecule has 2 saturated heterocycles.